The fraction of sp³-hybridized carbons (Fsp3) is 0.471. The minimum Gasteiger partial charge on any atom is -0.306 e. The predicted molar refractivity (Wildman–Crippen MR) is 83.9 cm³/mol. The molecular formula is C17H25N3. The molecule has 0 spiro atoms. The van der Waals surface area contributed by atoms with Gasteiger partial charge in [0.05, 0.1) is 11.7 Å². The van der Waals surface area contributed by atoms with Crippen LogP contribution in [0.4, 0.5) is 0 Å². The first kappa shape index (κ1) is 14.8. The zero-order valence-corrected chi connectivity index (χ0v) is 13.0. The molecule has 1 aromatic carbocycles. The van der Waals surface area contributed by atoms with E-state index in [4.69, 9.17) is 0 Å². The van der Waals surface area contributed by atoms with E-state index in [1.165, 1.54) is 22.4 Å². The third-order valence-electron chi connectivity index (χ3n) is 3.68. The third kappa shape index (κ3) is 3.10. The minimum atomic E-state index is 0.232. The number of hydrogen-bond donors (Lipinski definition) is 1. The zero-order chi connectivity index (χ0) is 14.5. The van der Waals surface area contributed by atoms with Gasteiger partial charge in [0.2, 0.25) is 0 Å². The van der Waals surface area contributed by atoms with Crippen LogP contribution in [0.15, 0.2) is 30.5 Å². The maximum atomic E-state index is 4.58. The van der Waals surface area contributed by atoms with Crippen LogP contribution < -0.4 is 5.32 Å². The summed E-state index contributed by atoms with van der Waals surface area (Å²) in [5.74, 6) is 0. The average Bonchev–Trinajstić information content (AvgIpc) is 2.85. The van der Waals surface area contributed by atoms with E-state index >= 15 is 0 Å². The molecule has 0 saturated heterocycles. The van der Waals surface area contributed by atoms with Crippen LogP contribution in [0.25, 0.3) is 0 Å². The molecule has 2 aromatic rings. The van der Waals surface area contributed by atoms with Crippen molar-refractivity contribution in [2.24, 2.45) is 7.05 Å². The molecule has 1 N–H and O–H groups in total. The van der Waals surface area contributed by atoms with Gasteiger partial charge in [-0.05, 0) is 30.5 Å². The van der Waals surface area contributed by atoms with Gasteiger partial charge in [-0.2, -0.15) is 5.10 Å². The van der Waals surface area contributed by atoms with E-state index in [-0.39, 0.29) is 6.04 Å². The number of aryl methyl sites for hydroxylation is 3. The van der Waals surface area contributed by atoms with Crippen LogP contribution in [0.3, 0.4) is 0 Å². The number of hydrogen-bond acceptors (Lipinski definition) is 2. The first-order valence-corrected chi connectivity index (χ1v) is 7.54. The van der Waals surface area contributed by atoms with Crippen molar-refractivity contribution in [1.29, 1.82) is 0 Å². The quantitative estimate of drug-likeness (QED) is 0.874. The van der Waals surface area contributed by atoms with Gasteiger partial charge >= 0.3 is 0 Å². The van der Waals surface area contributed by atoms with E-state index in [2.05, 4.69) is 61.6 Å². The Kier molecular flexibility index (Phi) is 4.96. The lowest BCUT2D eigenvalue weighted by Crippen LogP contribution is -2.22. The highest BCUT2D eigenvalue weighted by Gasteiger charge is 2.18. The summed E-state index contributed by atoms with van der Waals surface area (Å²) in [6.45, 7) is 7.46. The molecule has 1 atom stereocenters. The molecule has 0 radical (unpaired) electrons. The van der Waals surface area contributed by atoms with Gasteiger partial charge in [-0.1, -0.05) is 45.0 Å². The van der Waals surface area contributed by atoms with E-state index in [1.807, 2.05) is 11.7 Å². The number of benzene rings is 1. The number of rotatable bonds is 6. The summed E-state index contributed by atoms with van der Waals surface area (Å²) < 4.78 is 1.92. The Balaban J connectivity index is 2.43. The van der Waals surface area contributed by atoms with Gasteiger partial charge in [0.25, 0.3) is 0 Å². The van der Waals surface area contributed by atoms with Gasteiger partial charge in [-0.3, -0.25) is 4.68 Å². The van der Waals surface area contributed by atoms with Crippen molar-refractivity contribution < 1.29 is 0 Å². The van der Waals surface area contributed by atoms with Crippen LogP contribution in [0.1, 0.15) is 49.2 Å². The van der Waals surface area contributed by atoms with Gasteiger partial charge in [0, 0.05) is 18.8 Å². The standard InChI is InChI=1S/C17H25N3/c1-5-13-9-8-10-14(11-13)17(18-7-3)15-12-20(4)19-16(15)6-2/h8-12,17-18H,5-7H2,1-4H3. The summed E-state index contributed by atoms with van der Waals surface area (Å²) in [4.78, 5) is 0. The number of nitrogens with one attached hydrogen (secondary N) is 1. The van der Waals surface area contributed by atoms with Gasteiger partial charge in [0.15, 0.2) is 0 Å². The molecular weight excluding hydrogens is 246 g/mol. The van der Waals surface area contributed by atoms with E-state index in [9.17, 15) is 0 Å². The molecule has 3 heteroatoms. The largest absolute Gasteiger partial charge is 0.306 e. The summed E-state index contributed by atoms with van der Waals surface area (Å²) in [6, 6.07) is 9.09. The fourth-order valence-electron chi connectivity index (χ4n) is 2.67. The Bertz CT molecular complexity index is 557. The lowest BCUT2D eigenvalue weighted by atomic mass is 9.96. The Morgan fingerprint density at radius 3 is 2.65 bits per heavy atom. The van der Waals surface area contributed by atoms with Gasteiger partial charge in [-0.15, -0.1) is 0 Å². The molecule has 0 aliphatic carbocycles. The smallest absolute Gasteiger partial charge is 0.0673 e. The highest BCUT2D eigenvalue weighted by molar-refractivity contribution is 5.35. The second-order valence-electron chi connectivity index (χ2n) is 5.15. The van der Waals surface area contributed by atoms with Crippen LogP contribution in [0.5, 0.6) is 0 Å². The van der Waals surface area contributed by atoms with Gasteiger partial charge in [0.1, 0.15) is 0 Å². The van der Waals surface area contributed by atoms with Crippen LogP contribution in [-0.4, -0.2) is 16.3 Å². The van der Waals surface area contributed by atoms with Crippen molar-refractivity contribution >= 4 is 0 Å². The highest BCUT2D eigenvalue weighted by Crippen LogP contribution is 2.25. The zero-order valence-electron chi connectivity index (χ0n) is 13.0. The Morgan fingerprint density at radius 2 is 2.00 bits per heavy atom. The fourth-order valence-corrected chi connectivity index (χ4v) is 2.67. The molecule has 0 aliphatic heterocycles. The summed E-state index contributed by atoms with van der Waals surface area (Å²) in [5, 5.41) is 8.18. The Morgan fingerprint density at radius 1 is 1.20 bits per heavy atom. The second kappa shape index (κ2) is 6.71. The monoisotopic (exact) mass is 271 g/mol. The molecule has 0 amide bonds. The molecule has 0 aliphatic rings. The SMILES string of the molecule is CCNC(c1cccc(CC)c1)c1cn(C)nc1CC. The van der Waals surface area contributed by atoms with Crippen molar-refractivity contribution in [2.45, 2.75) is 39.7 Å². The predicted octanol–water partition coefficient (Wildman–Crippen LogP) is 3.24. The van der Waals surface area contributed by atoms with Crippen LogP contribution in [0.2, 0.25) is 0 Å². The molecule has 0 fully saturated rings. The molecule has 20 heavy (non-hydrogen) atoms. The van der Waals surface area contributed by atoms with E-state index < -0.39 is 0 Å². The van der Waals surface area contributed by atoms with Crippen LogP contribution in [0, 0.1) is 0 Å². The Labute approximate surface area is 122 Å². The number of nitrogens with zero attached hydrogens (tertiary/aromatic N) is 2. The van der Waals surface area contributed by atoms with Crippen molar-refractivity contribution in [3.05, 3.63) is 52.8 Å². The summed E-state index contributed by atoms with van der Waals surface area (Å²) in [5.41, 5.74) is 5.19. The van der Waals surface area contributed by atoms with Crippen molar-refractivity contribution in [1.82, 2.24) is 15.1 Å². The summed E-state index contributed by atoms with van der Waals surface area (Å²) in [6.07, 6.45) is 4.18. The van der Waals surface area contributed by atoms with Gasteiger partial charge < -0.3 is 5.32 Å². The molecule has 3 nitrogen and oxygen atoms in total. The third-order valence-corrected chi connectivity index (χ3v) is 3.68. The maximum absolute atomic E-state index is 4.58. The molecule has 1 unspecified atom stereocenters. The summed E-state index contributed by atoms with van der Waals surface area (Å²) >= 11 is 0. The minimum absolute atomic E-state index is 0.232. The second-order valence-corrected chi connectivity index (χ2v) is 5.15. The number of aromatic nitrogens is 2. The first-order valence-electron chi connectivity index (χ1n) is 7.54. The first-order chi connectivity index (χ1) is 9.69. The lowest BCUT2D eigenvalue weighted by molar-refractivity contribution is 0.624. The molecule has 1 heterocycles. The van der Waals surface area contributed by atoms with Crippen molar-refractivity contribution in [3.63, 3.8) is 0 Å². The molecule has 1 aromatic heterocycles. The van der Waals surface area contributed by atoms with Crippen LogP contribution >= 0.6 is 0 Å². The van der Waals surface area contributed by atoms with Crippen molar-refractivity contribution in [3.8, 4) is 0 Å². The summed E-state index contributed by atoms with van der Waals surface area (Å²) in [7, 11) is 1.99. The molecule has 2 rings (SSSR count). The van der Waals surface area contributed by atoms with E-state index in [0.717, 1.165) is 19.4 Å². The normalized spacial score (nSPS) is 12.6. The molecule has 0 bridgehead atoms. The average molecular weight is 271 g/mol. The van der Waals surface area contributed by atoms with Crippen molar-refractivity contribution in [2.75, 3.05) is 6.54 Å². The van der Waals surface area contributed by atoms with Gasteiger partial charge in [-0.25, -0.2) is 0 Å². The molecule has 0 saturated carbocycles. The highest BCUT2D eigenvalue weighted by atomic mass is 15.3. The maximum Gasteiger partial charge on any atom is 0.0673 e. The molecule has 108 valence electrons. The van der Waals surface area contributed by atoms with Crippen LogP contribution in [-0.2, 0) is 19.9 Å². The topological polar surface area (TPSA) is 29.9 Å². The lowest BCUT2D eigenvalue weighted by Gasteiger charge is -2.19. The Hall–Kier alpha value is -1.61. The van der Waals surface area contributed by atoms with E-state index in [1.54, 1.807) is 0 Å². The van der Waals surface area contributed by atoms with E-state index in [0.29, 0.717) is 0 Å².